The van der Waals surface area contributed by atoms with Gasteiger partial charge in [-0.25, -0.2) is 0 Å². The van der Waals surface area contributed by atoms with Gasteiger partial charge in [0.25, 0.3) is 0 Å². The number of benzene rings is 1. The number of oxime groups is 1. The highest BCUT2D eigenvalue weighted by atomic mass is 16.4. The molecule has 0 amide bonds. The normalized spacial score (nSPS) is 11.5. The van der Waals surface area contributed by atoms with Crippen LogP contribution in [0.4, 0.5) is 5.69 Å². The maximum atomic E-state index is 8.37. The molecule has 0 radical (unpaired) electrons. The van der Waals surface area contributed by atoms with E-state index in [0.717, 1.165) is 18.7 Å². The summed E-state index contributed by atoms with van der Waals surface area (Å²) in [6.07, 6.45) is 1.46. The number of nitrogens with two attached hydrogens (primary N) is 1. The van der Waals surface area contributed by atoms with E-state index in [2.05, 4.69) is 42.5 Å². The first kappa shape index (κ1) is 12.4. The number of hydrogen-bond donors (Lipinski definition) is 3. The van der Waals surface area contributed by atoms with E-state index in [1.165, 1.54) is 11.1 Å². The molecule has 0 saturated heterocycles. The number of aryl methyl sites for hydroxylation is 2. The Labute approximate surface area is 96.2 Å². The molecule has 4 N–H and O–H groups in total. The van der Waals surface area contributed by atoms with Gasteiger partial charge in [0, 0.05) is 18.7 Å². The van der Waals surface area contributed by atoms with Crippen LogP contribution in [0.5, 0.6) is 0 Å². The van der Waals surface area contributed by atoms with Gasteiger partial charge in [-0.15, -0.1) is 0 Å². The van der Waals surface area contributed by atoms with Gasteiger partial charge in [-0.1, -0.05) is 17.3 Å². The predicted molar refractivity (Wildman–Crippen MR) is 67.0 cm³/mol. The molecule has 0 saturated carbocycles. The molecular weight excluding hydrogens is 202 g/mol. The second kappa shape index (κ2) is 6.00. The molecule has 0 fully saturated rings. The zero-order chi connectivity index (χ0) is 12.0. The van der Waals surface area contributed by atoms with Crippen molar-refractivity contribution in [2.75, 3.05) is 11.9 Å². The van der Waals surface area contributed by atoms with E-state index in [-0.39, 0.29) is 5.84 Å². The summed E-state index contributed by atoms with van der Waals surface area (Å²) < 4.78 is 0. The zero-order valence-electron chi connectivity index (χ0n) is 9.83. The average Bonchev–Trinajstić information content (AvgIpc) is 2.28. The van der Waals surface area contributed by atoms with Crippen molar-refractivity contribution >= 4 is 11.5 Å². The molecule has 0 unspecified atom stereocenters. The van der Waals surface area contributed by atoms with Crippen LogP contribution in [0.1, 0.15) is 24.0 Å². The van der Waals surface area contributed by atoms with E-state index in [4.69, 9.17) is 10.9 Å². The van der Waals surface area contributed by atoms with Crippen molar-refractivity contribution in [3.05, 3.63) is 29.3 Å². The summed E-state index contributed by atoms with van der Waals surface area (Å²) in [4.78, 5) is 0. The minimum Gasteiger partial charge on any atom is -0.409 e. The Balaban J connectivity index is 2.40. The van der Waals surface area contributed by atoms with Crippen LogP contribution in [0.15, 0.2) is 23.4 Å². The van der Waals surface area contributed by atoms with Gasteiger partial charge < -0.3 is 16.3 Å². The van der Waals surface area contributed by atoms with Gasteiger partial charge in [0.1, 0.15) is 5.84 Å². The molecule has 1 aromatic rings. The van der Waals surface area contributed by atoms with E-state index in [1.54, 1.807) is 0 Å². The molecule has 0 bridgehead atoms. The maximum absolute atomic E-state index is 8.37. The lowest BCUT2D eigenvalue weighted by atomic mass is 10.1. The standard InChI is InChI=1S/C12H19N3O/c1-9-5-6-10(2)11(8-9)14-7-3-4-12(13)15-16/h5-6,8,14,16H,3-4,7H2,1-2H3,(H2,13,15). The van der Waals surface area contributed by atoms with Crippen LogP contribution in [0.3, 0.4) is 0 Å². The van der Waals surface area contributed by atoms with Crippen molar-refractivity contribution in [3.8, 4) is 0 Å². The third-order valence-electron chi connectivity index (χ3n) is 2.45. The van der Waals surface area contributed by atoms with Crippen LogP contribution in [0.2, 0.25) is 0 Å². The number of nitrogens with one attached hydrogen (secondary N) is 1. The topological polar surface area (TPSA) is 70.6 Å². The van der Waals surface area contributed by atoms with Crippen LogP contribution >= 0.6 is 0 Å². The molecule has 0 heterocycles. The summed E-state index contributed by atoms with van der Waals surface area (Å²) >= 11 is 0. The van der Waals surface area contributed by atoms with E-state index in [1.807, 2.05) is 0 Å². The van der Waals surface area contributed by atoms with Crippen molar-refractivity contribution in [2.24, 2.45) is 10.9 Å². The number of nitrogens with zero attached hydrogens (tertiary/aromatic N) is 1. The third kappa shape index (κ3) is 3.81. The third-order valence-corrected chi connectivity index (χ3v) is 2.45. The summed E-state index contributed by atoms with van der Waals surface area (Å²) in [6.45, 7) is 4.97. The Morgan fingerprint density at radius 3 is 2.88 bits per heavy atom. The van der Waals surface area contributed by atoms with Gasteiger partial charge in [0.2, 0.25) is 0 Å². The first-order chi connectivity index (χ1) is 7.63. The van der Waals surface area contributed by atoms with Crippen molar-refractivity contribution in [2.45, 2.75) is 26.7 Å². The van der Waals surface area contributed by atoms with Crippen LogP contribution in [0, 0.1) is 13.8 Å². The van der Waals surface area contributed by atoms with E-state index >= 15 is 0 Å². The molecule has 1 rings (SSSR count). The van der Waals surface area contributed by atoms with Crippen molar-refractivity contribution < 1.29 is 5.21 Å². The van der Waals surface area contributed by atoms with Crippen molar-refractivity contribution in [1.82, 2.24) is 0 Å². The summed E-state index contributed by atoms with van der Waals surface area (Å²) in [5.41, 5.74) is 9.00. The van der Waals surface area contributed by atoms with Gasteiger partial charge in [0.05, 0.1) is 0 Å². The fourth-order valence-electron chi connectivity index (χ4n) is 1.47. The minimum atomic E-state index is 0.280. The lowest BCUT2D eigenvalue weighted by Crippen LogP contribution is -2.13. The van der Waals surface area contributed by atoms with Crippen LogP contribution in [-0.2, 0) is 0 Å². The quantitative estimate of drug-likeness (QED) is 0.235. The molecule has 0 aromatic heterocycles. The van der Waals surface area contributed by atoms with E-state index in [9.17, 15) is 0 Å². The monoisotopic (exact) mass is 221 g/mol. The van der Waals surface area contributed by atoms with Crippen molar-refractivity contribution in [3.63, 3.8) is 0 Å². The molecule has 16 heavy (non-hydrogen) atoms. The SMILES string of the molecule is Cc1ccc(C)c(NCCCC(N)=NO)c1. The predicted octanol–water partition coefficient (Wildman–Crippen LogP) is 2.24. The second-order valence-electron chi connectivity index (χ2n) is 3.94. The van der Waals surface area contributed by atoms with Gasteiger partial charge in [-0.05, 0) is 37.5 Å². The lowest BCUT2D eigenvalue weighted by molar-refractivity contribution is 0.316. The van der Waals surface area contributed by atoms with Gasteiger partial charge in [-0.3, -0.25) is 0 Å². The molecular formula is C12H19N3O. The van der Waals surface area contributed by atoms with Crippen LogP contribution in [-0.4, -0.2) is 17.6 Å². The van der Waals surface area contributed by atoms with Gasteiger partial charge in [0.15, 0.2) is 0 Å². The summed E-state index contributed by atoms with van der Waals surface area (Å²) in [5.74, 6) is 0.280. The number of amidine groups is 1. The molecule has 0 spiro atoms. The first-order valence-corrected chi connectivity index (χ1v) is 5.41. The van der Waals surface area contributed by atoms with Crippen LogP contribution < -0.4 is 11.1 Å². The number of hydrogen-bond acceptors (Lipinski definition) is 3. The highest BCUT2D eigenvalue weighted by molar-refractivity contribution is 5.79. The van der Waals surface area contributed by atoms with Gasteiger partial charge >= 0.3 is 0 Å². The first-order valence-electron chi connectivity index (χ1n) is 5.41. The largest absolute Gasteiger partial charge is 0.409 e. The molecule has 4 nitrogen and oxygen atoms in total. The molecule has 0 aliphatic carbocycles. The molecule has 0 aliphatic rings. The summed E-state index contributed by atoms with van der Waals surface area (Å²) in [6, 6.07) is 6.32. The fraction of sp³-hybridized carbons (Fsp3) is 0.417. The Morgan fingerprint density at radius 2 is 2.19 bits per heavy atom. The summed E-state index contributed by atoms with van der Waals surface area (Å²) in [7, 11) is 0. The highest BCUT2D eigenvalue weighted by Gasteiger charge is 1.98. The Morgan fingerprint density at radius 1 is 1.44 bits per heavy atom. The Kier molecular flexibility index (Phi) is 4.64. The second-order valence-corrected chi connectivity index (χ2v) is 3.94. The van der Waals surface area contributed by atoms with E-state index in [0.29, 0.717) is 6.42 Å². The summed E-state index contributed by atoms with van der Waals surface area (Å²) in [5, 5.41) is 14.6. The number of anilines is 1. The lowest BCUT2D eigenvalue weighted by Gasteiger charge is -2.10. The minimum absolute atomic E-state index is 0.280. The smallest absolute Gasteiger partial charge is 0.139 e. The molecule has 4 heteroatoms. The molecule has 0 atom stereocenters. The van der Waals surface area contributed by atoms with Gasteiger partial charge in [-0.2, -0.15) is 0 Å². The Hall–Kier alpha value is -1.71. The maximum Gasteiger partial charge on any atom is 0.139 e. The molecule has 88 valence electrons. The van der Waals surface area contributed by atoms with Crippen molar-refractivity contribution in [1.29, 1.82) is 0 Å². The fourth-order valence-corrected chi connectivity index (χ4v) is 1.47. The van der Waals surface area contributed by atoms with E-state index < -0.39 is 0 Å². The van der Waals surface area contributed by atoms with Crippen LogP contribution in [0.25, 0.3) is 0 Å². The Bertz CT molecular complexity index is 375. The average molecular weight is 221 g/mol. The number of rotatable bonds is 5. The molecule has 1 aromatic carbocycles. The molecule has 0 aliphatic heterocycles. The zero-order valence-corrected chi connectivity index (χ0v) is 9.83. The highest BCUT2D eigenvalue weighted by Crippen LogP contribution is 2.16.